The number of nitrogens with zero attached hydrogens (tertiary/aromatic N) is 1. The second-order valence-corrected chi connectivity index (χ2v) is 4.56. The first-order valence-corrected chi connectivity index (χ1v) is 5.12. The third kappa shape index (κ3) is 1.29. The van der Waals surface area contributed by atoms with Gasteiger partial charge in [-0.3, -0.25) is 4.79 Å². The van der Waals surface area contributed by atoms with E-state index in [1.807, 2.05) is 0 Å². The van der Waals surface area contributed by atoms with Crippen molar-refractivity contribution in [1.29, 1.82) is 0 Å². The highest BCUT2D eigenvalue weighted by Crippen LogP contribution is 2.46. The summed E-state index contributed by atoms with van der Waals surface area (Å²) in [4.78, 5) is 23.5. The zero-order valence-electron chi connectivity index (χ0n) is 7.70. The van der Waals surface area contributed by atoms with Crippen molar-refractivity contribution in [2.75, 3.05) is 6.54 Å². The molecule has 1 saturated heterocycles. The minimum absolute atomic E-state index is 0.00366. The molecule has 1 aliphatic carbocycles. The van der Waals surface area contributed by atoms with E-state index in [-0.39, 0.29) is 17.8 Å². The summed E-state index contributed by atoms with van der Waals surface area (Å²) in [5.74, 6) is 0. The first kappa shape index (κ1) is 9.77. The molecule has 0 aromatic heterocycles. The molecule has 2 fully saturated rings. The second-order valence-electron chi connectivity index (χ2n) is 4.21. The van der Waals surface area contributed by atoms with E-state index in [9.17, 15) is 9.59 Å². The fourth-order valence-corrected chi connectivity index (χ4v) is 2.89. The summed E-state index contributed by atoms with van der Waals surface area (Å²) >= 11 is 5.55. The number of amides is 1. The molecule has 0 aromatic carbocycles. The van der Waals surface area contributed by atoms with Gasteiger partial charge >= 0.3 is 6.09 Å². The first-order chi connectivity index (χ1) is 6.55. The Hall–Kier alpha value is -0.770. The molecule has 0 spiro atoms. The maximum atomic E-state index is 11.3. The third-order valence-electron chi connectivity index (χ3n) is 3.40. The normalized spacial score (nSPS) is 35.8. The topological polar surface area (TPSA) is 57.6 Å². The minimum Gasteiger partial charge on any atom is -0.465 e. The lowest BCUT2D eigenvalue weighted by Crippen LogP contribution is -2.34. The molecule has 2 bridgehead atoms. The molecule has 5 heteroatoms. The summed E-state index contributed by atoms with van der Waals surface area (Å²) < 4.78 is 0. The van der Waals surface area contributed by atoms with Gasteiger partial charge in [0, 0.05) is 12.6 Å². The molecule has 2 atom stereocenters. The molecule has 1 amide bonds. The molecule has 1 heterocycles. The highest BCUT2D eigenvalue weighted by molar-refractivity contribution is 6.64. The number of carbonyl (C=O) groups excluding carboxylic acids is 1. The lowest BCUT2D eigenvalue weighted by Gasteiger charge is -2.26. The molecule has 2 aliphatic rings. The SMILES string of the molecule is O=C(O)N1CC2(C(=O)Cl)CCCC1C2. The summed E-state index contributed by atoms with van der Waals surface area (Å²) in [7, 11) is 0. The Morgan fingerprint density at radius 2 is 2.21 bits per heavy atom. The quantitative estimate of drug-likeness (QED) is 0.680. The Kier molecular flexibility index (Phi) is 2.18. The van der Waals surface area contributed by atoms with E-state index < -0.39 is 11.5 Å². The summed E-state index contributed by atoms with van der Waals surface area (Å²) in [5.41, 5.74) is -0.580. The molecule has 1 aliphatic heterocycles. The van der Waals surface area contributed by atoms with E-state index in [0.717, 1.165) is 19.3 Å². The highest BCUT2D eigenvalue weighted by atomic mass is 35.5. The average Bonchev–Trinajstić information content (AvgIpc) is 2.39. The predicted octanol–water partition coefficient (Wildman–Crippen LogP) is 1.67. The number of fused-ring (bicyclic) bond motifs is 2. The van der Waals surface area contributed by atoms with Gasteiger partial charge in [0.1, 0.15) is 0 Å². The second kappa shape index (κ2) is 3.12. The minimum atomic E-state index is -0.934. The van der Waals surface area contributed by atoms with Crippen LogP contribution in [0.3, 0.4) is 0 Å². The fourth-order valence-electron chi connectivity index (χ4n) is 2.66. The molecule has 2 rings (SSSR count). The van der Waals surface area contributed by atoms with Crippen molar-refractivity contribution in [2.24, 2.45) is 5.41 Å². The van der Waals surface area contributed by atoms with Crippen LogP contribution in [-0.2, 0) is 4.79 Å². The zero-order valence-corrected chi connectivity index (χ0v) is 8.46. The van der Waals surface area contributed by atoms with Crippen LogP contribution in [0.4, 0.5) is 4.79 Å². The van der Waals surface area contributed by atoms with E-state index in [2.05, 4.69) is 0 Å². The van der Waals surface area contributed by atoms with Crippen molar-refractivity contribution in [3.63, 3.8) is 0 Å². The lowest BCUT2D eigenvalue weighted by molar-refractivity contribution is -0.120. The number of carboxylic acid groups (broad SMARTS) is 1. The van der Waals surface area contributed by atoms with Crippen LogP contribution >= 0.6 is 11.6 Å². The van der Waals surface area contributed by atoms with E-state index >= 15 is 0 Å². The Morgan fingerprint density at radius 1 is 1.50 bits per heavy atom. The summed E-state index contributed by atoms with van der Waals surface area (Å²) in [6.45, 7) is 0.287. The number of likely N-dealkylation sites (tertiary alicyclic amines) is 1. The number of carbonyl (C=O) groups is 2. The van der Waals surface area contributed by atoms with Crippen molar-refractivity contribution < 1.29 is 14.7 Å². The molecule has 14 heavy (non-hydrogen) atoms. The summed E-state index contributed by atoms with van der Waals surface area (Å²) in [6, 6.07) is 0.00366. The molecular weight excluding hydrogens is 206 g/mol. The van der Waals surface area contributed by atoms with Crippen molar-refractivity contribution in [3.05, 3.63) is 0 Å². The standard InChI is InChI=1S/C9H12ClNO3/c10-7(12)9-3-1-2-6(4-9)11(5-9)8(13)14/h6H,1-5H2,(H,13,14). The average molecular weight is 218 g/mol. The molecule has 1 N–H and O–H groups in total. The van der Waals surface area contributed by atoms with Crippen LogP contribution in [0.25, 0.3) is 0 Å². The van der Waals surface area contributed by atoms with Crippen molar-refractivity contribution >= 4 is 22.9 Å². The van der Waals surface area contributed by atoms with Crippen LogP contribution < -0.4 is 0 Å². The molecule has 4 nitrogen and oxygen atoms in total. The van der Waals surface area contributed by atoms with Crippen LogP contribution in [0, 0.1) is 5.41 Å². The molecule has 78 valence electrons. The number of rotatable bonds is 1. The Morgan fingerprint density at radius 3 is 2.71 bits per heavy atom. The maximum Gasteiger partial charge on any atom is 0.407 e. The Bertz CT molecular complexity index is 294. The predicted molar refractivity (Wildman–Crippen MR) is 50.3 cm³/mol. The zero-order chi connectivity index (χ0) is 10.3. The fraction of sp³-hybridized carbons (Fsp3) is 0.778. The number of hydrogen-bond acceptors (Lipinski definition) is 2. The Labute approximate surface area is 86.8 Å². The Balaban J connectivity index is 2.25. The number of halogens is 1. The van der Waals surface area contributed by atoms with Gasteiger partial charge in [-0.2, -0.15) is 0 Å². The molecule has 2 unspecified atom stereocenters. The van der Waals surface area contributed by atoms with Gasteiger partial charge < -0.3 is 10.0 Å². The molecule has 0 radical (unpaired) electrons. The van der Waals surface area contributed by atoms with E-state index in [1.165, 1.54) is 4.90 Å². The highest BCUT2D eigenvalue weighted by Gasteiger charge is 2.52. The van der Waals surface area contributed by atoms with Crippen LogP contribution in [-0.4, -0.2) is 33.9 Å². The lowest BCUT2D eigenvalue weighted by atomic mass is 9.77. The van der Waals surface area contributed by atoms with Gasteiger partial charge in [-0.25, -0.2) is 4.79 Å². The van der Waals surface area contributed by atoms with Gasteiger partial charge in [-0.1, -0.05) is 6.42 Å². The number of hydrogen-bond donors (Lipinski definition) is 1. The maximum absolute atomic E-state index is 11.3. The van der Waals surface area contributed by atoms with Crippen molar-refractivity contribution in [1.82, 2.24) is 4.90 Å². The third-order valence-corrected chi connectivity index (χ3v) is 3.80. The van der Waals surface area contributed by atoms with Crippen molar-refractivity contribution in [2.45, 2.75) is 31.7 Å². The van der Waals surface area contributed by atoms with Crippen LogP contribution in [0.15, 0.2) is 0 Å². The monoisotopic (exact) mass is 217 g/mol. The van der Waals surface area contributed by atoms with Gasteiger partial charge in [0.15, 0.2) is 0 Å². The van der Waals surface area contributed by atoms with Gasteiger partial charge in [-0.05, 0) is 30.9 Å². The molecule has 0 aromatic rings. The van der Waals surface area contributed by atoms with Crippen LogP contribution in [0.5, 0.6) is 0 Å². The molecular formula is C9H12ClNO3. The molecule has 1 saturated carbocycles. The summed E-state index contributed by atoms with van der Waals surface area (Å²) in [5, 5.41) is 8.56. The van der Waals surface area contributed by atoms with E-state index in [1.54, 1.807) is 0 Å². The van der Waals surface area contributed by atoms with Crippen LogP contribution in [0.2, 0.25) is 0 Å². The summed E-state index contributed by atoms with van der Waals surface area (Å²) in [6.07, 6.45) is 2.17. The van der Waals surface area contributed by atoms with Gasteiger partial charge in [0.2, 0.25) is 5.24 Å². The van der Waals surface area contributed by atoms with E-state index in [4.69, 9.17) is 16.7 Å². The van der Waals surface area contributed by atoms with Crippen molar-refractivity contribution in [3.8, 4) is 0 Å². The van der Waals surface area contributed by atoms with E-state index in [0.29, 0.717) is 6.42 Å². The smallest absolute Gasteiger partial charge is 0.407 e. The van der Waals surface area contributed by atoms with Gasteiger partial charge in [0.25, 0.3) is 0 Å². The van der Waals surface area contributed by atoms with Crippen LogP contribution in [0.1, 0.15) is 25.7 Å². The van der Waals surface area contributed by atoms with Gasteiger partial charge in [0.05, 0.1) is 5.41 Å². The first-order valence-electron chi connectivity index (χ1n) is 4.75. The largest absolute Gasteiger partial charge is 0.465 e. The van der Waals surface area contributed by atoms with Gasteiger partial charge in [-0.15, -0.1) is 0 Å².